The number of aryl methyl sites for hydroxylation is 1. The van der Waals surface area contributed by atoms with E-state index in [1.807, 2.05) is 6.92 Å². The quantitative estimate of drug-likeness (QED) is 0.453. The smallest absolute Gasteiger partial charge is 0.327 e. The molecule has 0 aromatic heterocycles. The number of carboxylic acid groups (broad SMARTS) is 1. The number of hydrogen-bond acceptors (Lipinski definition) is 4. The fraction of sp³-hybridized carbons (Fsp3) is 0.357. The van der Waals surface area contributed by atoms with Gasteiger partial charge in [-0.05, 0) is 38.3 Å². The van der Waals surface area contributed by atoms with Crippen LogP contribution in [0.15, 0.2) is 41.3 Å². The average Bonchev–Trinajstić information content (AvgIpc) is 2.37. The first-order valence-corrected chi connectivity index (χ1v) is 7.68. The Morgan fingerprint density at radius 2 is 1.90 bits per heavy atom. The van der Waals surface area contributed by atoms with E-state index < -0.39 is 16.1 Å². The van der Waals surface area contributed by atoms with Crippen molar-refractivity contribution in [1.82, 2.24) is 0 Å². The molecule has 0 amide bonds. The van der Waals surface area contributed by atoms with Crippen LogP contribution in [0.2, 0.25) is 0 Å². The SMILES string of the molecule is Cc1ccc(S(=O)(=O)OCCCCC=CC(=O)O)cc1. The third kappa shape index (κ3) is 5.99. The first-order valence-electron chi connectivity index (χ1n) is 6.27. The second-order valence-electron chi connectivity index (χ2n) is 4.33. The fourth-order valence-corrected chi connectivity index (χ4v) is 2.43. The molecule has 0 atom stereocenters. The third-order valence-electron chi connectivity index (χ3n) is 2.57. The summed E-state index contributed by atoms with van der Waals surface area (Å²) < 4.78 is 28.5. The van der Waals surface area contributed by atoms with Crippen LogP contribution < -0.4 is 0 Å². The van der Waals surface area contributed by atoms with E-state index in [0.29, 0.717) is 19.3 Å². The van der Waals surface area contributed by atoms with Gasteiger partial charge in [-0.25, -0.2) is 4.79 Å². The first-order chi connectivity index (χ1) is 9.42. The van der Waals surface area contributed by atoms with Crippen LogP contribution in [0.3, 0.4) is 0 Å². The summed E-state index contributed by atoms with van der Waals surface area (Å²) in [6.45, 7) is 1.97. The minimum Gasteiger partial charge on any atom is -0.478 e. The molecule has 1 aromatic rings. The normalized spacial score (nSPS) is 11.8. The molecule has 6 heteroatoms. The lowest BCUT2D eigenvalue weighted by Crippen LogP contribution is -2.07. The summed E-state index contributed by atoms with van der Waals surface area (Å²) >= 11 is 0. The zero-order chi connectivity index (χ0) is 15.0. The van der Waals surface area contributed by atoms with Gasteiger partial charge in [0.15, 0.2) is 0 Å². The van der Waals surface area contributed by atoms with Gasteiger partial charge in [0, 0.05) is 6.08 Å². The Kier molecular flexibility index (Phi) is 6.41. The molecule has 0 saturated heterocycles. The maximum atomic E-state index is 11.8. The summed E-state index contributed by atoms with van der Waals surface area (Å²) in [5, 5.41) is 8.38. The molecule has 1 aromatic carbocycles. The lowest BCUT2D eigenvalue weighted by Gasteiger charge is -2.05. The third-order valence-corrected chi connectivity index (χ3v) is 3.90. The predicted octanol–water partition coefficient (Wildman–Crippen LogP) is 2.51. The molecule has 0 saturated carbocycles. The van der Waals surface area contributed by atoms with E-state index in [2.05, 4.69) is 0 Å². The van der Waals surface area contributed by atoms with Gasteiger partial charge < -0.3 is 5.11 Å². The van der Waals surface area contributed by atoms with E-state index in [9.17, 15) is 13.2 Å². The zero-order valence-electron chi connectivity index (χ0n) is 11.3. The molecule has 1 rings (SSSR count). The number of rotatable bonds is 8. The Morgan fingerprint density at radius 3 is 2.50 bits per heavy atom. The van der Waals surface area contributed by atoms with Gasteiger partial charge in [-0.15, -0.1) is 0 Å². The van der Waals surface area contributed by atoms with Crippen molar-refractivity contribution in [3.8, 4) is 0 Å². The van der Waals surface area contributed by atoms with E-state index >= 15 is 0 Å². The molecule has 0 fully saturated rings. The van der Waals surface area contributed by atoms with Gasteiger partial charge in [0.25, 0.3) is 10.1 Å². The summed E-state index contributed by atoms with van der Waals surface area (Å²) in [7, 11) is -3.70. The Hall–Kier alpha value is -1.66. The molecule has 0 spiro atoms. The van der Waals surface area contributed by atoms with Crippen LogP contribution in [-0.2, 0) is 19.1 Å². The van der Waals surface area contributed by atoms with Gasteiger partial charge in [0.05, 0.1) is 11.5 Å². The molecule has 0 unspecified atom stereocenters. The monoisotopic (exact) mass is 298 g/mol. The van der Waals surface area contributed by atoms with Crippen molar-refractivity contribution in [3.05, 3.63) is 42.0 Å². The number of benzene rings is 1. The molecule has 0 aliphatic rings. The van der Waals surface area contributed by atoms with Gasteiger partial charge in [0.2, 0.25) is 0 Å². The maximum absolute atomic E-state index is 11.8. The highest BCUT2D eigenvalue weighted by molar-refractivity contribution is 7.86. The summed E-state index contributed by atoms with van der Waals surface area (Å²) in [5.41, 5.74) is 0.981. The average molecular weight is 298 g/mol. The van der Waals surface area contributed by atoms with Crippen molar-refractivity contribution in [2.24, 2.45) is 0 Å². The second-order valence-corrected chi connectivity index (χ2v) is 5.94. The van der Waals surface area contributed by atoms with Gasteiger partial charge in [-0.3, -0.25) is 4.18 Å². The van der Waals surface area contributed by atoms with Crippen LogP contribution in [0.4, 0.5) is 0 Å². The summed E-state index contributed by atoms with van der Waals surface area (Å²) in [4.78, 5) is 10.4. The maximum Gasteiger partial charge on any atom is 0.327 e. The van der Waals surface area contributed by atoms with Crippen molar-refractivity contribution >= 4 is 16.1 Å². The highest BCUT2D eigenvalue weighted by Gasteiger charge is 2.13. The van der Waals surface area contributed by atoms with E-state index in [4.69, 9.17) is 9.29 Å². The number of carboxylic acids is 1. The summed E-state index contributed by atoms with van der Waals surface area (Å²) in [6.07, 6.45) is 4.42. The topological polar surface area (TPSA) is 80.7 Å². The summed E-state index contributed by atoms with van der Waals surface area (Å²) in [5.74, 6) is -0.983. The van der Waals surface area contributed by atoms with E-state index in [0.717, 1.165) is 11.6 Å². The molecular formula is C14H18O5S. The molecule has 0 heterocycles. The van der Waals surface area contributed by atoms with Crippen molar-refractivity contribution in [2.75, 3.05) is 6.61 Å². The van der Waals surface area contributed by atoms with Gasteiger partial charge in [0.1, 0.15) is 0 Å². The minimum atomic E-state index is -3.70. The molecule has 20 heavy (non-hydrogen) atoms. The van der Waals surface area contributed by atoms with Crippen molar-refractivity contribution in [1.29, 1.82) is 0 Å². The Morgan fingerprint density at radius 1 is 1.25 bits per heavy atom. The molecule has 0 bridgehead atoms. The standard InChI is InChI=1S/C14H18O5S/c1-12-7-9-13(10-8-12)20(17,18)19-11-5-3-2-4-6-14(15)16/h4,6-10H,2-3,5,11H2,1H3,(H,15,16). The number of allylic oxidation sites excluding steroid dienone is 1. The minimum absolute atomic E-state index is 0.0944. The van der Waals surface area contributed by atoms with Gasteiger partial charge in [-0.2, -0.15) is 8.42 Å². The van der Waals surface area contributed by atoms with E-state index in [-0.39, 0.29) is 11.5 Å². The fourth-order valence-electron chi connectivity index (χ4n) is 1.49. The van der Waals surface area contributed by atoms with Gasteiger partial charge >= 0.3 is 5.97 Å². The van der Waals surface area contributed by atoms with Gasteiger partial charge in [-0.1, -0.05) is 23.8 Å². The van der Waals surface area contributed by atoms with E-state index in [1.54, 1.807) is 12.1 Å². The number of unbranched alkanes of at least 4 members (excludes halogenated alkanes) is 2. The van der Waals surface area contributed by atoms with Crippen LogP contribution in [0, 0.1) is 6.92 Å². The Balaban J connectivity index is 2.34. The number of hydrogen-bond donors (Lipinski definition) is 1. The van der Waals surface area contributed by atoms with Crippen LogP contribution in [0.25, 0.3) is 0 Å². The summed E-state index contributed by atoms with van der Waals surface area (Å²) in [6, 6.07) is 6.46. The lowest BCUT2D eigenvalue weighted by atomic mass is 10.2. The van der Waals surface area contributed by atoms with Crippen molar-refractivity contribution < 1.29 is 22.5 Å². The van der Waals surface area contributed by atoms with Crippen LogP contribution >= 0.6 is 0 Å². The Bertz CT molecular complexity index is 558. The first kappa shape index (κ1) is 16.4. The molecule has 1 N–H and O–H groups in total. The largest absolute Gasteiger partial charge is 0.478 e. The Labute approximate surface area is 119 Å². The highest BCUT2D eigenvalue weighted by atomic mass is 32.2. The van der Waals surface area contributed by atoms with E-state index in [1.165, 1.54) is 18.2 Å². The van der Waals surface area contributed by atoms with Crippen LogP contribution in [0.1, 0.15) is 24.8 Å². The highest BCUT2D eigenvalue weighted by Crippen LogP contribution is 2.13. The molecular weight excluding hydrogens is 280 g/mol. The second kappa shape index (κ2) is 7.81. The zero-order valence-corrected chi connectivity index (χ0v) is 12.1. The molecule has 0 radical (unpaired) electrons. The van der Waals surface area contributed by atoms with Crippen LogP contribution in [0.5, 0.6) is 0 Å². The number of carbonyl (C=O) groups is 1. The van der Waals surface area contributed by atoms with Crippen LogP contribution in [-0.4, -0.2) is 26.1 Å². The molecule has 5 nitrogen and oxygen atoms in total. The molecule has 110 valence electrons. The predicted molar refractivity (Wildman–Crippen MR) is 74.9 cm³/mol. The van der Waals surface area contributed by atoms with Crippen molar-refractivity contribution in [2.45, 2.75) is 31.1 Å². The molecule has 0 aliphatic carbocycles. The van der Waals surface area contributed by atoms with Crippen molar-refractivity contribution in [3.63, 3.8) is 0 Å². The molecule has 0 aliphatic heterocycles. The lowest BCUT2D eigenvalue weighted by molar-refractivity contribution is -0.131. The number of aliphatic carboxylic acids is 1.